The van der Waals surface area contributed by atoms with Gasteiger partial charge in [-0.3, -0.25) is 9.59 Å². The number of hydrogen-bond donors (Lipinski definition) is 3. The second-order valence-electron chi connectivity index (χ2n) is 7.29. The van der Waals surface area contributed by atoms with E-state index >= 15 is 0 Å². The van der Waals surface area contributed by atoms with E-state index in [0.29, 0.717) is 38.9 Å². The Kier molecular flexibility index (Phi) is 6.79. The van der Waals surface area contributed by atoms with Gasteiger partial charge in [0.25, 0.3) is 11.8 Å². The Balaban J connectivity index is 1.61. The van der Waals surface area contributed by atoms with Gasteiger partial charge in [-0.25, -0.2) is 5.43 Å². The molecule has 0 atom stereocenters. The molecule has 3 aromatic carbocycles. The molecule has 0 bridgehead atoms. The fraction of sp³-hybridized carbons (Fsp3) is 0.0800. The van der Waals surface area contributed by atoms with Crippen LogP contribution in [-0.2, 0) is 4.79 Å². The van der Waals surface area contributed by atoms with Gasteiger partial charge in [-0.2, -0.15) is 5.10 Å². The predicted octanol–water partition coefficient (Wildman–Crippen LogP) is 4.09. The Bertz CT molecular complexity index is 1310. The number of carbonyl (C=O) groups is 2. The van der Waals surface area contributed by atoms with Gasteiger partial charge in [0.05, 0.1) is 5.71 Å². The van der Waals surface area contributed by atoms with Gasteiger partial charge in [-0.15, -0.1) is 0 Å². The van der Waals surface area contributed by atoms with E-state index in [1.807, 2.05) is 0 Å². The van der Waals surface area contributed by atoms with Crippen molar-refractivity contribution in [3.63, 3.8) is 0 Å². The second kappa shape index (κ2) is 10.1. The molecule has 2 amide bonds. The van der Waals surface area contributed by atoms with Crippen molar-refractivity contribution in [1.29, 1.82) is 0 Å². The summed E-state index contributed by atoms with van der Waals surface area (Å²) >= 11 is 5.99. The number of aromatic hydroxyl groups is 1. The van der Waals surface area contributed by atoms with Crippen molar-refractivity contribution in [2.45, 2.75) is 6.92 Å². The topological polar surface area (TPSA) is 109 Å². The maximum absolute atomic E-state index is 13.0. The van der Waals surface area contributed by atoms with Crippen LogP contribution in [0.2, 0.25) is 5.02 Å². The molecule has 1 aliphatic heterocycles. The molecule has 0 aliphatic carbocycles. The number of carbonyl (C=O) groups excluding carboxylic acids is 2. The summed E-state index contributed by atoms with van der Waals surface area (Å²) in [7, 11) is 0. The number of hydrazone groups is 1. The summed E-state index contributed by atoms with van der Waals surface area (Å²) in [6.07, 6.45) is 1.50. The number of benzene rings is 3. The van der Waals surface area contributed by atoms with E-state index in [9.17, 15) is 14.7 Å². The highest BCUT2D eigenvalue weighted by Crippen LogP contribution is 2.33. The smallest absolute Gasteiger partial charge is 0.287 e. The lowest BCUT2D eigenvalue weighted by Gasteiger charge is -2.10. The van der Waals surface area contributed by atoms with E-state index in [2.05, 4.69) is 15.8 Å². The molecule has 4 rings (SSSR count). The molecule has 3 N–H and O–H groups in total. The first-order chi connectivity index (χ1) is 16.4. The highest BCUT2D eigenvalue weighted by Gasteiger charge is 2.17. The van der Waals surface area contributed by atoms with Crippen LogP contribution in [0, 0.1) is 0 Å². The number of halogens is 1. The Morgan fingerprint density at radius 1 is 1.03 bits per heavy atom. The Labute approximate surface area is 200 Å². The number of fused-ring (bicyclic) bond motifs is 1. The van der Waals surface area contributed by atoms with Crippen molar-refractivity contribution < 1.29 is 24.2 Å². The van der Waals surface area contributed by atoms with Crippen LogP contribution in [0.15, 0.2) is 77.5 Å². The van der Waals surface area contributed by atoms with Gasteiger partial charge in [-0.1, -0.05) is 35.9 Å². The third kappa shape index (κ3) is 5.36. The summed E-state index contributed by atoms with van der Waals surface area (Å²) in [6, 6.07) is 18.1. The van der Waals surface area contributed by atoms with Gasteiger partial charge >= 0.3 is 0 Å². The Hall–Kier alpha value is -4.30. The van der Waals surface area contributed by atoms with E-state index in [1.54, 1.807) is 55.5 Å². The lowest BCUT2D eigenvalue weighted by atomic mass is 10.1. The Morgan fingerprint density at radius 3 is 2.59 bits per heavy atom. The minimum absolute atomic E-state index is 0.0339. The molecule has 0 saturated heterocycles. The maximum atomic E-state index is 13.0. The fourth-order valence-corrected chi connectivity index (χ4v) is 3.34. The van der Waals surface area contributed by atoms with Crippen LogP contribution in [0.1, 0.15) is 28.4 Å². The molecular weight excluding hydrogens is 458 g/mol. The number of rotatable bonds is 6. The standard InChI is InChI=1S/C25H20ClN3O5/c1-15(19-13-18(26)8-9-21(19)30)28-29-25(32)20(27-24(31)17-5-3-2-4-6-17)11-16-7-10-22-23(12-16)34-14-33-22/h2-13,30H,14H2,1H3,(H,27,31)(H,29,32)/b20-11-,28-15-. The number of phenolic OH excluding ortho intramolecular Hbond substituents is 1. The molecule has 0 radical (unpaired) electrons. The number of nitrogens with zero attached hydrogens (tertiary/aromatic N) is 1. The first-order valence-corrected chi connectivity index (χ1v) is 10.6. The number of hydrogen-bond acceptors (Lipinski definition) is 6. The first-order valence-electron chi connectivity index (χ1n) is 10.2. The molecule has 0 unspecified atom stereocenters. The van der Waals surface area contributed by atoms with Crippen molar-refractivity contribution in [3.05, 3.63) is 94.1 Å². The van der Waals surface area contributed by atoms with Crippen molar-refractivity contribution in [2.24, 2.45) is 5.10 Å². The van der Waals surface area contributed by atoms with Crippen LogP contribution in [0.25, 0.3) is 6.08 Å². The lowest BCUT2D eigenvalue weighted by molar-refractivity contribution is -0.117. The minimum Gasteiger partial charge on any atom is -0.507 e. The van der Waals surface area contributed by atoms with E-state index in [0.717, 1.165) is 0 Å². The summed E-state index contributed by atoms with van der Waals surface area (Å²) in [5, 5.41) is 17.2. The summed E-state index contributed by atoms with van der Waals surface area (Å²) in [4.78, 5) is 25.7. The molecule has 0 spiro atoms. The lowest BCUT2D eigenvalue weighted by Crippen LogP contribution is -2.33. The zero-order chi connectivity index (χ0) is 24.1. The van der Waals surface area contributed by atoms with Crippen LogP contribution >= 0.6 is 11.6 Å². The molecule has 3 aromatic rings. The van der Waals surface area contributed by atoms with Crippen molar-refractivity contribution in [2.75, 3.05) is 6.79 Å². The third-order valence-corrected chi connectivity index (χ3v) is 5.15. The molecule has 9 heteroatoms. The summed E-state index contributed by atoms with van der Waals surface area (Å²) in [5.74, 6) is -0.0293. The van der Waals surface area contributed by atoms with E-state index in [-0.39, 0.29) is 18.2 Å². The zero-order valence-corrected chi connectivity index (χ0v) is 18.8. The third-order valence-electron chi connectivity index (χ3n) is 4.91. The van der Waals surface area contributed by atoms with E-state index < -0.39 is 11.8 Å². The molecule has 172 valence electrons. The summed E-state index contributed by atoms with van der Waals surface area (Å²) in [6.45, 7) is 1.72. The highest BCUT2D eigenvalue weighted by molar-refractivity contribution is 6.31. The molecule has 0 fully saturated rings. The molecule has 1 aliphatic rings. The number of ether oxygens (including phenoxy) is 2. The van der Waals surface area contributed by atoms with Crippen LogP contribution in [0.5, 0.6) is 17.2 Å². The molecule has 0 aromatic heterocycles. The van der Waals surface area contributed by atoms with Gasteiger partial charge in [0, 0.05) is 16.1 Å². The van der Waals surface area contributed by atoms with Crippen molar-refractivity contribution in [3.8, 4) is 17.2 Å². The van der Waals surface area contributed by atoms with Crippen LogP contribution in [0.3, 0.4) is 0 Å². The Morgan fingerprint density at radius 2 is 1.79 bits per heavy atom. The van der Waals surface area contributed by atoms with E-state index in [4.69, 9.17) is 21.1 Å². The fourth-order valence-electron chi connectivity index (χ4n) is 3.17. The first kappa shape index (κ1) is 22.9. The van der Waals surface area contributed by atoms with Crippen LogP contribution < -0.4 is 20.2 Å². The predicted molar refractivity (Wildman–Crippen MR) is 128 cm³/mol. The number of amides is 2. The van der Waals surface area contributed by atoms with Gasteiger partial charge < -0.3 is 19.9 Å². The quantitative estimate of drug-likeness (QED) is 0.281. The molecular formula is C25H20ClN3O5. The van der Waals surface area contributed by atoms with Crippen LogP contribution in [0.4, 0.5) is 0 Å². The van der Waals surface area contributed by atoms with Gasteiger partial charge in [0.15, 0.2) is 11.5 Å². The second-order valence-corrected chi connectivity index (χ2v) is 7.73. The average Bonchev–Trinajstić information content (AvgIpc) is 3.32. The summed E-state index contributed by atoms with van der Waals surface area (Å²) in [5.41, 5.74) is 4.05. The molecule has 8 nitrogen and oxygen atoms in total. The molecule has 1 heterocycles. The minimum atomic E-state index is -0.664. The molecule has 0 saturated carbocycles. The van der Waals surface area contributed by atoms with Gasteiger partial charge in [0.2, 0.25) is 6.79 Å². The SMILES string of the molecule is C/C(=N/NC(=O)/C(=C/c1ccc2c(c1)OCO2)NC(=O)c1ccccc1)c1cc(Cl)ccc1O. The number of nitrogens with one attached hydrogen (secondary N) is 2. The van der Waals surface area contributed by atoms with Gasteiger partial charge in [-0.05, 0) is 61.0 Å². The number of phenols is 1. The normalized spacial score (nSPS) is 12.9. The highest BCUT2D eigenvalue weighted by atomic mass is 35.5. The maximum Gasteiger partial charge on any atom is 0.287 e. The zero-order valence-electron chi connectivity index (χ0n) is 18.0. The monoisotopic (exact) mass is 477 g/mol. The largest absolute Gasteiger partial charge is 0.507 e. The van der Waals surface area contributed by atoms with Crippen molar-refractivity contribution >= 4 is 35.2 Å². The van der Waals surface area contributed by atoms with Gasteiger partial charge in [0.1, 0.15) is 11.4 Å². The van der Waals surface area contributed by atoms with Crippen molar-refractivity contribution in [1.82, 2.24) is 10.7 Å². The van der Waals surface area contributed by atoms with E-state index in [1.165, 1.54) is 24.3 Å². The summed E-state index contributed by atoms with van der Waals surface area (Å²) < 4.78 is 10.7. The average molecular weight is 478 g/mol. The van der Waals surface area contributed by atoms with Crippen LogP contribution in [-0.4, -0.2) is 29.4 Å². The molecule has 34 heavy (non-hydrogen) atoms.